The van der Waals surface area contributed by atoms with Gasteiger partial charge in [-0.25, -0.2) is 4.39 Å². The molecule has 2 rings (SSSR count). The minimum Gasteiger partial charge on any atom is -0.493 e. The molecule has 9 heteroatoms. The molecular formula is C20H22FN3O5. The minimum atomic E-state index is -0.611. The zero-order valence-electron chi connectivity index (χ0n) is 16.1. The lowest BCUT2D eigenvalue weighted by atomic mass is 10.2. The van der Waals surface area contributed by atoms with Crippen LogP contribution in [-0.4, -0.2) is 51.6 Å². The van der Waals surface area contributed by atoms with Crippen molar-refractivity contribution in [3.63, 3.8) is 0 Å². The Morgan fingerprint density at radius 3 is 2.31 bits per heavy atom. The van der Waals surface area contributed by atoms with Crippen LogP contribution in [0.3, 0.4) is 0 Å². The van der Waals surface area contributed by atoms with Gasteiger partial charge in [0, 0.05) is 25.7 Å². The molecule has 0 heterocycles. The molecule has 0 saturated heterocycles. The monoisotopic (exact) mass is 403 g/mol. The minimum absolute atomic E-state index is 0.0593. The highest BCUT2D eigenvalue weighted by molar-refractivity contribution is 5.95. The van der Waals surface area contributed by atoms with E-state index in [-0.39, 0.29) is 37.1 Å². The molecular weight excluding hydrogens is 381 g/mol. The molecule has 0 spiro atoms. The van der Waals surface area contributed by atoms with Crippen molar-refractivity contribution in [1.82, 2.24) is 16.0 Å². The van der Waals surface area contributed by atoms with Crippen molar-refractivity contribution < 1.29 is 28.2 Å². The van der Waals surface area contributed by atoms with Crippen molar-refractivity contribution in [2.75, 3.05) is 33.9 Å². The number of carbonyl (C=O) groups is 3. The molecule has 3 N–H and O–H groups in total. The highest BCUT2D eigenvalue weighted by Gasteiger charge is 2.13. The highest BCUT2D eigenvalue weighted by atomic mass is 19.1. The number of likely N-dealkylation sites (N-methyl/N-ethyl adjacent to an activating group) is 1. The Morgan fingerprint density at radius 1 is 0.966 bits per heavy atom. The normalized spacial score (nSPS) is 10.0. The van der Waals surface area contributed by atoms with Gasteiger partial charge < -0.3 is 25.4 Å². The van der Waals surface area contributed by atoms with Gasteiger partial charge in [0.2, 0.25) is 0 Å². The molecule has 0 aliphatic carbocycles. The second-order valence-corrected chi connectivity index (χ2v) is 5.82. The van der Waals surface area contributed by atoms with Crippen molar-refractivity contribution in [3.8, 4) is 11.5 Å². The van der Waals surface area contributed by atoms with Crippen LogP contribution < -0.4 is 25.4 Å². The molecule has 0 radical (unpaired) electrons. The maximum absolute atomic E-state index is 13.5. The van der Waals surface area contributed by atoms with E-state index >= 15 is 0 Å². The van der Waals surface area contributed by atoms with E-state index in [1.807, 2.05) is 0 Å². The number of hydrogen-bond donors (Lipinski definition) is 3. The predicted molar refractivity (Wildman–Crippen MR) is 104 cm³/mol. The lowest BCUT2D eigenvalue weighted by molar-refractivity contribution is -0.122. The first-order valence-corrected chi connectivity index (χ1v) is 8.78. The SMILES string of the molecule is CNC(=O)COc1ccc(C(=O)NCCNC(=O)c2ccccc2F)cc1OC. The van der Waals surface area contributed by atoms with E-state index in [0.29, 0.717) is 17.1 Å². The molecule has 0 unspecified atom stereocenters. The summed E-state index contributed by atoms with van der Waals surface area (Å²) in [6.45, 7) is 0.0970. The molecule has 0 aliphatic heterocycles. The zero-order valence-corrected chi connectivity index (χ0v) is 16.1. The number of ether oxygens (including phenoxy) is 2. The Labute approximate surface area is 167 Å². The van der Waals surface area contributed by atoms with E-state index in [1.54, 1.807) is 6.07 Å². The van der Waals surface area contributed by atoms with Crippen LogP contribution >= 0.6 is 0 Å². The molecule has 2 aromatic carbocycles. The molecule has 0 saturated carbocycles. The number of methoxy groups -OCH3 is 1. The molecule has 0 aliphatic rings. The van der Waals surface area contributed by atoms with E-state index in [9.17, 15) is 18.8 Å². The topological polar surface area (TPSA) is 106 Å². The molecule has 8 nitrogen and oxygen atoms in total. The molecule has 29 heavy (non-hydrogen) atoms. The maximum Gasteiger partial charge on any atom is 0.257 e. The fraction of sp³-hybridized carbons (Fsp3) is 0.250. The zero-order chi connectivity index (χ0) is 21.2. The van der Waals surface area contributed by atoms with Crippen molar-refractivity contribution in [1.29, 1.82) is 0 Å². The molecule has 0 aromatic heterocycles. The number of amides is 3. The summed E-state index contributed by atoms with van der Waals surface area (Å²) >= 11 is 0. The quantitative estimate of drug-likeness (QED) is 0.544. The smallest absolute Gasteiger partial charge is 0.257 e. The fourth-order valence-corrected chi connectivity index (χ4v) is 2.34. The third-order valence-electron chi connectivity index (χ3n) is 3.88. The Bertz CT molecular complexity index is 888. The summed E-state index contributed by atoms with van der Waals surface area (Å²) in [4.78, 5) is 35.4. The molecule has 0 fully saturated rings. The first-order valence-electron chi connectivity index (χ1n) is 8.78. The first kappa shape index (κ1) is 21.7. The van der Waals surface area contributed by atoms with E-state index in [0.717, 1.165) is 0 Å². The average molecular weight is 403 g/mol. The lowest BCUT2D eigenvalue weighted by Crippen LogP contribution is -2.35. The van der Waals surface area contributed by atoms with Crippen LogP contribution in [0.4, 0.5) is 4.39 Å². The van der Waals surface area contributed by atoms with Crippen LogP contribution in [0.5, 0.6) is 11.5 Å². The Morgan fingerprint density at radius 2 is 1.66 bits per heavy atom. The van der Waals surface area contributed by atoms with Crippen molar-refractivity contribution in [2.45, 2.75) is 0 Å². The van der Waals surface area contributed by atoms with Gasteiger partial charge in [-0.2, -0.15) is 0 Å². The van der Waals surface area contributed by atoms with E-state index in [2.05, 4.69) is 16.0 Å². The lowest BCUT2D eigenvalue weighted by Gasteiger charge is -2.12. The van der Waals surface area contributed by atoms with Gasteiger partial charge in [-0.15, -0.1) is 0 Å². The van der Waals surface area contributed by atoms with Crippen LogP contribution in [0.2, 0.25) is 0 Å². The van der Waals surface area contributed by atoms with Gasteiger partial charge in [-0.3, -0.25) is 14.4 Å². The summed E-state index contributed by atoms with van der Waals surface area (Å²) in [7, 11) is 2.91. The van der Waals surface area contributed by atoms with E-state index in [4.69, 9.17) is 9.47 Å². The van der Waals surface area contributed by atoms with Gasteiger partial charge in [0.15, 0.2) is 18.1 Å². The number of carbonyl (C=O) groups excluding carboxylic acids is 3. The molecule has 0 atom stereocenters. The summed E-state index contributed by atoms with van der Waals surface area (Å²) < 4.78 is 24.1. The Balaban J connectivity index is 1.86. The fourth-order valence-electron chi connectivity index (χ4n) is 2.34. The summed E-state index contributed by atoms with van der Waals surface area (Å²) in [5, 5.41) is 7.61. The van der Waals surface area contributed by atoms with E-state index in [1.165, 1.54) is 50.6 Å². The van der Waals surface area contributed by atoms with Crippen LogP contribution in [-0.2, 0) is 4.79 Å². The third kappa shape index (κ3) is 6.20. The standard InChI is InChI=1S/C20H22FN3O5/c1-22-18(25)12-29-16-8-7-13(11-17(16)28-2)19(26)23-9-10-24-20(27)14-5-3-4-6-15(14)21/h3-8,11H,9-10,12H2,1-2H3,(H,22,25)(H,23,26)(H,24,27). The third-order valence-corrected chi connectivity index (χ3v) is 3.88. The first-order chi connectivity index (χ1) is 14.0. The maximum atomic E-state index is 13.5. The molecule has 154 valence electrons. The van der Waals surface area contributed by atoms with Gasteiger partial charge >= 0.3 is 0 Å². The average Bonchev–Trinajstić information content (AvgIpc) is 2.74. The summed E-state index contributed by atoms with van der Waals surface area (Å²) in [5.74, 6) is -1.23. The van der Waals surface area contributed by atoms with Crippen LogP contribution in [0.15, 0.2) is 42.5 Å². The van der Waals surface area contributed by atoms with Crippen LogP contribution in [0.25, 0.3) is 0 Å². The molecule has 0 bridgehead atoms. The van der Waals surface area contributed by atoms with E-state index < -0.39 is 11.7 Å². The second kappa shape index (κ2) is 10.6. The van der Waals surface area contributed by atoms with Gasteiger partial charge in [-0.05, 0) is 30.3 Å². The van der Waals surface area contributed by atoms with Crippen molar-refractivity contribution in [3.05, 3.63) is 59.4 Å². The largest absolute Gasteiger partial charge is 0.493 e. The summed E-state index contributed by atoms with van der Waals surface area (Å²) in [6, 6.07) is 10.2. The molecule has 3 amide bonds. The van der Waals surface area contributed by atoms with Crippen molar-refractivity contribution in [2.24, 2.45) is 0 Å². The Kier molecular flexibility index (Phi) is 7.96. The summed E-state index contributed by atoms with van der Waals surface area (Å²) in [6.07, 6.45) is 0. The highest BCUT2D eigenvalue weighted by Crippen LogP contribution is 2.28. The van der Waals surface area contributed by atoms with Crippen LogP contribution in [0, 0.1) is 5.82 Å². The predicted octanol–water partition coefficient (Wildman–Crippen LogP) is 1.12. The van der Waals surface area contributed by atoms with Gasteiger partial charge in [0.05, 0.1) is 12.7 Å². The van der Waals surface area contributed by atoms with Crippen molar-refractivity contribution >= 4 is 17.7 Å². The van der Waals surface area contributed by atoms with Gasteiger partial charge in [0.25, 0.3) is 17.7 Å². The molecule has 2 aromatic rings. The number of benzene rings is 2. The van der Waals surface area contributed by atoms with Gasteiger partial charge in [0.1, 0.15) is 5.82 Å². The summed E-state index contributed by atoms with van der Waals surface area (Å²) in [5.41, 5.74) is 0.255. The number of rotatable bonds is 9. The number of hydrogen-bond acceptors (Lipinski definition) is 5. The Hall–Kier alpha value is -3.62. The van der Waals surface area contributed by atoms with Crippen LogP contribution in [0.1, 0.15) is 20.7 Å². The number of nitrogens with one attached hydrogen (secondary N) is 3. The second-order valence-electron chi connectivity index (χ2n) is 5.82. The number of halogens is 1. The van der Waals surface area contributed by atoms with Gasteiger partial charge in [-0.1, -0.05) is 12.1 Å².